The van der Waals surface area contributed by atoms with Gasteiger partial charge < -0.3 is 20.3 Å². The van der Waals surface area contributed by atoms with Crippen LogP contribution in [-0.2, 0) is 25.7 Å². The monoisotopic (exact) mass is 821 g/mol. The molecule has 1 aromatic carbocycles. The molecule has 9 heteroatoms. The van der Waals surface area contributed by atoms with E-state index in [-0.39, 0.29) is 51.8 Å². The van der Waals surface area contributed by atoms with Gasteiger partial charge in [0.2, 0.25) is 0 Å². The van der Waals surface area contributed by atoms with Crippen LogP contribution < -0.4 is 5.32 Å². The zero-order valence-electron chi connectivity index (χ0n) is 37.0. The molecule has 1 aromatic rings. The Balaban J connectivity index is 1.16. The summed E-state index contributed by atoms with van der Waals surface area (Å²) in [5, 5.41) is 26.9. The predicted octanol–water partition coefficient (Wildman–Crippen LogP) is 9.65. The van der Waals surface area contributed by atoms with Gasteiger partial charge in [0.15, 0.2) is 5.78 Å². The number of aliphatic hydroxyl groups is 1. The predicted molar refractivity (Wildman–Crippen MR) is 229 cm³/mol. The highest BCUT2D eigenvalue weighted by Crippen LogP contribution is 2.77. The molecule has 5 aliphatic carbocycles. The largest absolute Gasteiger partial charge is 0.481 e. The number of carbonyl (C=O) groups is 3. The third-order valence-corrected chi connectivity index (χ3v) is 18.1. The van der Waals surface area contributed by atoms with E-state index in [2.05, 4.69) is 70.8 Å². The maximum atomic E-state index is 14.4. The molecule has 0 amide bonds. The lowest BCUT2D eigenvalue weighted by molar-refractivity contribution is -0.235. The number of carboxylic acids is 1. The third-order valence-electron chi connectivity index (χ3n) is 17.9. The van der Waals surface area contributed by atoms with Crippen LogP contribution in [0.5, 0.6) is 0 Å². The van der Waals surface area contributed by atoms with Crippen molar-refractivity contribution in [3.8, 4) is 0 Å². The van der Waals surface area contributed by atoms with E-state index in [4.69, 9.17) is 16.3 Å². The maximum Gasteiger partial charge on any atom is 0.309 e. The number of carboxylic acid groups (broad SMARTS) is 1. The second kappa shape index (κ2) is 15.6. The first kappa shape index (κ1) is 43.8. The number of hydrogen-bond donors (Lipinski definition) is 3. The number of hydrogen-bond acceptors (Lipinski definition) is 7. The highest BCUT2D eigenvalue weighted by Gasteiger charge is 2.71. The van der Waals surface area contributed by atoms with Crippen molar-refractivity contribution in [1.82, 2.24) is 10.2 Å². The molecule has 1 aliphatic heterocycles. The van der Waals surface area contributed by atoms with Crippen molar-refractivity contribution >= 4 is 29.3 Å². The first-order valence-electron chi connectivity index (χ1n) is 22.7. The van der Waals surface area contributed by atoms with Gasteiger partial charge in [-0.3, -0.25) is 19.3 Å². The molecule has 0 bridgehead atoms. The van der Waals surface area contributed by atoms with Crippen molar-refractivity contribution in [2.24, 2.45) is 56.2 Å². The molecular weight excluding hydrogens is 748 g/mol. The van der Waals surface area contributed by atoms with Crippen LogP contribution in [0.25, 0.3) is 0 Å². The summed E-state index contributed by atoms with van der Waals surface area (Å²) in [5.41, 5.74) is 1.59. The number of fused-ring (bicyclic) bond motifs is 7. The van der Waals surface area contributed by atoms with Crippen LogP contribution in [0.15, 0.2) is 35.4 Å². The molecule has 0 spiro atoms. The quantitative estimate of drug-likeness (QED) is 0.179. The van der Waals surface area contributed by atoms with E-state index in [1.807, 2.05) is 12.1 Å². The molecule has 10 atom stereocenters. The molecule has 6 aliphatic rings. The summed E-state index contributed by atoms with van der Waals surface area (Å²) in [7, 11) is 0. The van der Waals surface area contributed by atoms with E-state index in [0.717, 1.165) is 88.0 Å². The minimum Gasteiger partial charge on any atom is -0.481 e. The first-order valence-corrected chi connectivity index (χ1v) is 23.1. The van der Waals surface area contributed by atoms with Crippen molar-refractivity contribution in [2.45, 2.75) is 164 Å². The van der Waals surface area contributed by atoms with Gasteiger partial charge in [0, 0.05) is 47.9 Å². The van der Waals surface area contributed by atoms with Gasteiger partial charge in [-0.1, -0.05) is 77.8 Å². The molecule has 1 unspecified atom stereocenters. The van der Waals surface area contributed by atoms with Gasteiger partial charge in [-0.05, 0) is 148 Å². The molecule has 7 rings (SSSR count). The summed E-state index contributed by atoms with van der Waals surface area (Å²) < 4.78 is 6.20. The number of rotatable bonds is 12. The normalized spacial score (nSPS) is 37.6. The summed E-state index contributed by atoms with van der Waals surface area (Å²) >= 11 is 6.27. The number of aliphatic hydroxyl groups excluding tert-OH is 1. The molecule has 1 saturated heterocycles. The van der Waals surface area contributed by atoms with Crippen molar-refractivity contribution in [3.05, 3.63) is 46.0 Å². The van der Waals surface area contributed by atoms with Crippen LogP contribution in [0.1, 0.15) is 145 Å². The van der Waals surface area contributed by atoms with Crippen LogP contribution in [0.3, 0.4) is 0 Å². The van der Waals surface area contributed by atoms with Crippen molar-refractivity contribution < 1.29 is 29.3 Å². The number of ketones is 1. The smallest absolute Gasteiger partial charge is 0.309 e. The van der Waals surface area contributed by atoms with Gasteiger partial charge in [-0.2, -0.15) is 0 Å². The van der Waals surface area contributed by atoms with Crippen LogP contribution in [0, 0.1) is 56.2 Å². The van der Waals surface area contributed by atoms with Crippen LogP contribution >= 0.6 is 11.6 Å². The topological polar surface area (TPSA) is 116 Å². The standard InChI is InChI=1S/C49H73ClN2O6/c1-30(2)41-35(53)25-49(38(54)29-52(28-33-11-10-24-51-33)27-31-12-14-32(50)15-13-31)23-22-47(8)34(42(41)49)16-17-37-46(7)20-19-39(58-40(55)26-44(3,4)43(56)57)45(5,6)36(46)18-21-48(37,47)9/h12-15,30,33-34,36-39,51,54H,10-11,16-29H2,1-9H3,(H,56,57)/t33?,34-,36+,37-,38-,39+,46+,47-,48-,49+/m1/s1. The Morgan fingerprint density at radius 2 is 1.66 bits per heavy atom. The molecule has 0 radical (unpaired) electrons. The SMILES string of the molecule is CC(C)C1=C2[C@H]3CC[C@@H]4[C@@]5(C)CC[C@H](OC(=O)CC(C)(C)C(=O)O)C(C)(C)[C@@H]5CC[C@@]4(C)[C@]3(C)CC[C@@]2([C@H](O)CN(Cc2ccc(Cl)cc2)CC2CCCN2)CC1=O. The zero-order valence-corrected chi connectivity index (χ0v) is 37.8. The van der Waals surface area contributed by atoms with E-state index in [9.17, 15) is 24.6 Å². The van der Waals surface area contributed by atoms with Gasteiger partial charge in [0.25, 0.3) is 0 Å². The Labute approximate surface area is 353 Å². The number of Topliss-reactive ketones (excluding diaryl/α,β-unsaturated/α-hetero) is 1. The number of esters is 1. The minimum absolute atomic E-state index is 0.0279. The Bertz CT molecular complexity index is 1780. The van der Waals surface area contributed by atoms with Gasteiger partial charge >= 0.3 is 11.9 Å². The van der Waals surface area contributed by atoms with Gasteiger partial charge in [0.1, 0.15) is 6.10 Å². The average molecular weight is 822 g/mol. The van der Waals surface area contributed by atoms with Crippen molar-refractivity contribution in [2.75, 3.05) is 19.6 Å². The Morgan fingerprint density at radius 3 is 2.29 bits per heavy atom. The number of aliphatic carboxylic acids is 1. The molecule has 1 heterocycles. The number of allylic oxidation sites excluding steroid dienone is 1. The van der Waals surface area contributed by atoms with Gasteiger partial charge in [0.05, 0.1) is 17.9 Å². The lowest BCUT2D eigenvalue weighted by Gasteiger charge is -2.72. The van der Waals surface area contributed by atoms with Gasteiger partial charge in [-0.25, -0.2) is 0 Å². The van der Waals surface area contributed by atoms with E-state index < -0.39 is 28.9 Å². The highest BCUT2D eigenvalue weighted by molar-refractivity contribution is 6.30. The van der Waals surface area contributed by atoms with E-state index in [1.165, 1.54) is 17.6 Å². The van der Waals surface area contributed by atoms with E-state index in [0.29, 0.717) is 30.8 Å². The number of carbonyl (C=O) groups excluding carboxylic acids is 2. The molecule has 0 aromatic heterocycles. The second-order valence-electron chi connectivity index (χ2n) is 22.2. The van der Waals surface area contributed by atoms with Crippen LogP contribution in [-0.4, -0.2) is 70.7 Å². The number of nitrogens with zero attached hydrogens (tertiary/aromatic N) is 1. The molecule has 3 N–H and O–H groups in total. The minimum atomic E-state index is -1.17. The van der Waals surface area contributed by atoms with Crippen LogP contribution in [0.2, 0.25) is 5.02 Å². The molecular formula is C49H73ClN2O6. The fraction of sp³-hybridized carbons (Fsp3) is 0.776. The number of ether oxygens (including phenoxy) is 1. The molecule has 8 nitrogen and oxygen atoms in total. The van der Waals surface area contributed by atoms with Crippen molar-refractivity contribution in [1.29, 1.82) is 0 Å². The molecule has 322 valence electrons. The zero-order chi connectivity index (χ0) is 42.2. The maximum absolute atomic E-state index is 14.4. The summed E-state index contributed by atoms with van der Waals surface area (Å²) in [6.45, 7) is 22.9. The summed E-state index contributed by atoms with van der Waals surface area (Å²) in [4.78, 5) is 41.8. The second-order valence-corrected chi connectivity index (χ2v) is 22.6. The van der Waals surface area contributed by atoms with Gasteiger partial charge in [-0.15, -0.1) is 0 Å². The lowest BCUT2D eigenvalue weighted by atomic mass is 9.33. The van der Waals surface area contributed by atoms with Crippen molar-refractivity contribution in [3.63, 3.8) is 0 Å². The van der Waals surface area contributed by atoms with E-state index >= 15 is 0 Å². The fourth-order valence-electron chi connectivity index (χ4n) is 14.6. The average Bonchev–Trinajstić information content (AvgIpc) is 3.76. The van der Waals surface area contributed by atoms with Crippen LogP contribution in [0.4, 0.5) is 0 Å². The molecule has 5 fully saturated rings. The summed E-state index contributed by atoms with van der Waals surface area (Å²) in [6, 6.07) is 8.47. The number of halogens is 1. The molecule has 4 saturated carbocycles. The number of benzene rings is 1. The highest BCUT2D eigenvalue weighted by atomic mass is 35.5. The first-order chi connectivity index (χ1) is 27.1. The summed E-state index contributed by atoms with van der Waals surface area (Å²) in [5.74, 6) is 0.0279. The summed E-state index contributed by atoms with van der Waals surface area (Å²) in [6.07, 6.45) is 9.49. The molecule has 58 heavy (non-hydrogen) atoms. The Hall–Kier alpha value is -2.26. The number of nitrogens with one attached hydrogen (secondary N) is 1. The fourth-order valence-corrected chi connectivity index (χ4v) is 14.7. The van der Waals surface area contributed by atoms with E-state index in [1.54, 1.807) is 13.8 Å². The Morgan fingerprint density at radius 1 is 0.948 bits per heavy atom. The Kier molecular flexibility index (Phi) is 11.8. The lowest BCUT2D eigenvalue weighted by Crippen LogP contribution is -2.66. The third kappa shape index (κ3) is 7.23.